The first-order chi connectivity index (χ1) is 7.80. The molecule has 2 N–H and O–H groups in total. The molecule has 0 heterocycles. The van der Waals surface area contributed by atoms with Gasteiger partial charge in [-0.15, -0.1) is 0 Å². The number of esters is 2. The Labute approximate surface area is 98.9 Å². The normalized spacial score (nSPS) is 14.8. The Morgan fingerprint density at radius 3 is 2.06 bits per heavy atom. The molecule has 0 aliphatic carbocycles. The highest BCUT2D eigenvalue weighted by atomic mass is 32.2. The zero-order valence-electron chi connectivity index (χ0n) is 9.67. The molecule has 0 rings (SSSR count). The Morgan fingerprint density at radius 1 is 1.24 bits per heavy atom. The van der Waals surface area contributed by atoms with E-state index in [-0.39, 0.29) is 0 Å². The van der Waals surface area contributed by atoms with Crippen LogP contribution in [0.4, 0.5) is 0 Å². The number of ether oxygens (including phenoxy) is 2. The fourth-order valence-corrected chi connectivity index (χ4v) is 2.02. The first-order valence-corrected chi connectivity index (χ1v) is 6.12. The summed E-state index contributed by atoms with van der Waals surface area (Å²) in [6, 6.07) is -1.45. The fraction of sp³-hybridized carbons (Fsp3) is 0.750. The van der Waals surface area contributed by atoms with Gasteiger partial charge in [-0.1, -0.05) is 0 Å². The van der Waals surface area contributed by atoms with Gasteiger partial charge < -0.3 is 14.6 Å². The van der Waals surface area contributed by atoms with Crippen LogP contribution in [0.15, 0.2) is 0 Å². The number of carbonyl (C=O) groups is 2. The van der Waals surface area contributed by atoms with Gasteiger partial charge in [-0.3, -0.25) is 9.59 Å². The van der Waals surface area contributed by atoms with E-state index in [0.29, 0.717) is 0 Å². The summed E-state index contributed by atoms with van der Waals surface area (Å²) in [5.74, 6) is -1.92. The van der Waals surface area contributed by atoms with E-state index < -0.39 is 39.9 Å². The molecule has 0 fully saturated rings. The molecule has 8 nitrogen and oxygen atoms in total. The van der Waals surface area contributed by atoms with Crippen molar-refractivity contribution >= 4 is 22.0 Å². The van der Waals surface area contributed by atoms with Crippen LogP contribution in [0.3, 0.4) is 0 Å². The largest absolute Gasteiger partial charge is 0.468 e. The van der Waals surface area contributed by atoms with Crippen molar-refractivity contribution in [1.29, 1.82) is 0 Å². The van der Waals surface area contributed by atoms with Gasteiger partial charge in [0, 0.05) is 0 Å². The van der Waals surface area contributed by atoms with Crippen LogP contribution in [0.5, 0.6) is 0 Å². The summed E-state index contributed by atoms with van der Waals surface area (Å²) in [5, 5.41) is 7.33. The van der Waals surface area contributed by atoms with Crippen molar-refractivity contribution < 1.29 is 32.6 Å². The Hall–Kier alpha value is -1.19. The Balaban J connectivity index is 4.85. The highest BCUT2D eigenvalue weighted by Crippen LogP contribution is 2.02. The van der Waals surface area contributed by atoms with Gasteiger partial charge in [0.1, 0.15) is 6.04 Å². The van der Waals surface area contributed by atoms with E-state index in [1.807, 2.05) is 4.72 Å². The van der Waals surface area contributed by atoms with Crippen LogP contribution in [0.2, 0.25) is 0 Å². The molecular formula is C8H15NO7S. The molecule has 17 heavy (non-hydrogen) atoms. The van der Waals surface area contributed by atoms with E-state index in [0.717, 1.165) is 21.1 Å². The SMILES string of the molecule is COC(=O)C(CO)NS(=O)(=O)C(C)C(=O)OC. The van der Waals surface area contributed by atoms with Gasteiger partial charge in [-0.25, -0.2) is 8.42 Å². The predicted octanol–water partition coefficient (Wildman–Crippen LogP) is -2.00. The molecule has 0 aromatic heterocycles. The van der Waals surface area contributed by atoms with Crippen molar-refractivity contribution in [3.8, 4) is 0 Å². The quantitative estimate of drug-likeness (QED) is 0.535. The molecule has 0 amide bonds. The molecule has 0 bridgehead atoms. The molecule has 2 atom stereocenters. The van der Waals surface area contributed by atoms with Crippen LogP contribution >= 0.6 is 0 Å². The smallest absolute Gasteiger partial charge is 0.326 e. The molecule has 0 radical (unpaired) electrons. The number of methoxy groups -OCH3 is 2. The maximum Gasteiger partial charge on any atom is 0.326 e. The molecule has 0 saturated heterocycles. The highest BCUT2D eigenvalue weighted by molar-refractivity contribution is 7.90. The average Bonchev–Trinajstić information content (AvgIpc) is 2.32. The van der Waals surface area contributed by atoms with E-state index in [4.69, 9.17) is 5.11 Å². The number of sulfonamides is 1. The molecule has 0 aromatic rings. The van der Waals surface area contributed by atoms with E-state index in [1.165, 1.54) is 0 Å². The molecule has 100 valence electrons. The van der Waals surface area contributed by atoms with Crippen molar-refractivity contribution in [2.75, 3.05) is 20.8 Å². The zero-order valence-corrected chi connectivity index (χ0v) is 10.5. The van der Waals surface area contributed by atoms with Crippen LogP contribution in [0, 0.1) is 0 Å². The molecule has 0 aliphatic heterocycles. The average molecular weight is 269 g/mol. The van der Waals surface area contributed by atoms with Crippen molar-refractivity contribution in [2.45, 2.75) is 18.2 Å². The lowest BCUT2D eigenvalue weighted by atomic mass is 10.3. The van der Waals surface area contributed by atoms with E-state index in [1.54, 1.807) is 0 Å². The summed E-state index contributed by atoms with van der Waals surface area (Å²) in [4.78, 5) is 22.1. The second-order valence-corrected chi connectivity index (χ2v) is 5.12. The first-order valence-electron chi connectivity index (χ1n) is 4.57. The Kier molecular flexibility index (Phi) is 6.07. The number of aliphatic hydroxyl groups is 1. The summed E-state index contributed by atoms with van der Waals surface area (Å²) in [7, 11) is -2.04. The molecule has 2 unspecified atom stereocenters. The number of aliphatic hydroxyl groups excluding tert-OH is 1. The van der Waals surface area contributed by atoms with E-state index in [9.17, 15) is 18.0 Å². The monoisotopic (exact) mass is 269 g/mol. The lowest BCUT2D eigenvalue weighted by molar-refractivity contribution is -0.144. The zero-order chi connectivity index (χ0) is 13.6. The lowest BCUT2D eigenvalue weighted by Crippen LogP contribution is -2.48. The minimum absolute atomic E-state index is 0.778. The third-order valence-corrected chi connectivity index (χ3v) is 3.71. The van der Waals surface area contributed by atoms with Gasteiger partial charge in [-0.05, 0) is 6.92 Å². The van der Waals surface area contributed by atoms with Crippen molar-refractivity contribution in [1.82, 2.24) is 4.72 Å². The van der Waals surface area contributed by atoms with E-state index >= 15 is 0 Å². The summed E-state index contributed by atoms with van der Waals surface area (Å²) >= 11 is 0. The van der Waals surface area contributed by atoms with Crippen molar-refractivity contribution in [3.05, 3.63) is 0 Å². The Bertz CT molecular complexity index is 377. The van der Waals surface area contributed by atoms with Gasteiger partial charge in [0.15, 0.2) is 5.25 Å². The van der Waals surface area contributed by atoms with Gasteiger partial charge in [-0.2, -0.15) is 4.72 Å². The summed E-state index contributed by atoms with van der Waals surface area (Å²) in [5.41, 5.74) is 0. The van der Waals surface area contributed by atoms with Crippen molar-refractivity contribution in [2.24, 2.45) is 0 Å². The van der Waals surface area contributed by atoms with Crippen LogP contribution in [0.25, 0.3) is 0 Å². The molecule has 9 heteroatoms. The fourth-order valence-electron chi connectivity index (χ4n) is 0.895. The van der Waals surface area contributed by atoms with Gasteiger partial charge in [0.05, 0.1) is 20.8 Å². The first kappa shape index (κ1) is 15.8. The topological polar surface area (TPSA) is 119 Å². The maximum atomic E-state index is 11.6. The number of hydrogen-bond acceptors (Lipinski definition) is 7. The summed E-state index contributed by atoms with van der Waals surface area (Å²) in [6.07, 6.45) is 0. The molecule has 0 saturated carbocycles. The number of nitrogens with one attached hydrogen (secondary N) is 1. The second kappa shape index (κ2) is 6.52. The van der Waals surface area contributed by atoms with E-state index in [2.05, 4.69) is 9.47 Å². The molecular weight excluding hydrogens is 254 g/mol. The molecule has 0 aromatic carbocycles. The molecule has 0 spiro atoms. The number of rotatable bonds is 6. The standard InChI is InChI=1S/C8H15NO7S/c1-5(7(11)15-2)17(13,14)9-6(4-10)8(12)16-3/h5-6,9-10H,4H2,1-3H3. The molecule has 0 aliphatic rings. The van der Waals surface area contributed by atoms with Gasteiger partial charge in [0.2, 0.25) is 10.0 Å². The van der Waals surface area contributed by atoms with Crippen LogP contribution < -0.4 is 4.72 Å². The number of hydrogen-bond donors (Lipinski definition) is 2. The maximum absolute atomic E-state index is 11.6. The second-order valence-electron chi connectivity index (χ2n) is 3.09. The minimum atomic E-state index is -4.12. The lowest BCUT2D eigenvalue weighted by Gasteiger charge is -2.16. The van der Waals surface area contributed by atoms with Crippen molar-refractivity contribution in [3.63, 3.8) is 0 Å². The Morgan fingerprint density at radius 2 is 1.71 bits per heavy atom. The third kappa shape index (κ3) is 4.29. The van der Waals surface area contributed by atoms with Crippen LogP contribution in [-0.2, 0) is 29.1 Å². The summed E-state index contributed by atoms with van der Waals surface area (Å²) in [6.45, 7) is 0.319. The van der Waals surface area contributed by atoms with Gasteiger partial charge in [0.25, 0.3) is 0 Å². The number of carbonyl (C=O) groups excluding carboxylic acids is 2. The van der Waals surface area contributed by atoms with Gasteiger partial charge >= 0.3 is 11.9 Å². The van der Waals surface area contributed by atoms with Crippen LogP contribution in [-0.4, -0.2) is 57.6 Å². The van der Waals surface area contributed by atoms with Crippen LogP contribution in [0.1, 0.15) is 6.92 Å². The summed E-state index contributed by atoms with van der Waals surface area (Å²) < 4.78 is 33.6. The minimum Gasteiger partial charge on any atom is -0.468 e. The predicted molar refractivity (Wildman–Crippen MR) is 56.4 cm³/mol. The highest BCUT2D eigenvalue weighted by Gasteiger charge is 2.33. The third-order valence-electron chi connectivity index (χ3n) is 1.97.